The molecule has 1 aliphatic rings. The van der Waals surface area contributed by atoms with Gasteiger partial charge in [0.1, 0.15) is 0 Å². The lowest BCUT2D eigenvalue weighted by atomic mass is 10.2. The third-order valence-corrected chi connectivity index (χ3v) is 3.50. The summed E-state index contributed by atoms with van der Waals surface area (Å²) in [4.78, 5) is 4.33. The second-order valence-electron chi connectivity index (χ2n) is 4.84. The van der Waals surface area contributed by atoms with Gasteiger partial charge in [-0.2, -0.15) is 5.10 Å². The first kappa shape index (κ1) is 11.4. The molecule has 1 aliphatic carbocycles. The monoisotopic (exact) mass is 242 g/mol. The minimum Gasteiger partial charge on any atom is -0.310 e. The molecular weight excluding hydrogens is 224 g/mol. The molecule has 1 fully saturated rings. The predicted octanol–water partition coefficient (Wildman–Crippen LogP) is 2.30. The van der Waals surface area contributed by atoms with Gasteiger partial charge in [-0.3, -0.25) is 0 Å². The second kappa shape index (κ2) is 5.31. The molecule has 0 aliphatic heterocycles. The Labute approximate surface area is 107 Å². The molecule has 0 saturated heterocycles. The summed E-state index contributed by atoms with van der Waals surface area (Å²) in [7, 11) is 0. The maximum Gasteiger partial charge on any atom is 0.153 e. The lowest BCUT2D eigenvalue weighted by Crippen LogP contribution is -2.25. The Morgan fingerprint density at radius 2 is 2.17 bits per heavy atom. The number of nitrogens with zero attached hydrogens (tertiary/aromatic N) is 3. The summed E-state index contributed by atoms with van der Waals surface area (Å²) in [6.07, 6.45) is 10.9. The zero-order valence-electron chi connectivity index (χ0n) is 10.4. The molecular formula is C14H18N4. The van der Waals surface area contributed by atoms with Crippen molar-refractivity contribution in [1.82, 2.24) is 20.1 Å². The number of hydrogen-bond donors (Lipinski definition) is 1. The Morgan fingerprint density at radius 3 is 2.94 bits per heavy atom. The maximum atomic E-state index is 4.33. The van der Waals surface area contributed by atoms with E-state index in [9.17, 15) is 0 Å². The molecule has 4 nitrogen and oxygen atoms in total. The second-order valence-corrected chi connectivity index (χ2v) is 4.84. The van der Waals surface area contributed by atoms with Gasteiger partial charge in [-0.15, -0.1) is 0 Å². The zero-order valence-corrected chi connectivity index (χ0v) is 10.4. The van der Waals surface area contributed by atoms with Crippen LogP contribution in [0.15, 0.2) is 36.8 Å². The molecule has 0 unspecified atom stereocenters. The largest absolute Gasteiger partial charge is 0.310 e. The number of hydrogen-bond acceptors (Lipinski definition) is 3. The van der Waals surface area contributed by atoms with Crippen molar-refractivity contribution < 1.29 is 0 Å². The van der Waals surface area contributed by atoms with Gasteiger partial charge in [-0.25, -0.2) is 9.67 Å². The molecule has 4 heteroatoms. The van der Waals surface area contributed by atoms with Crippen LogP contribution in [-0.4, -0.2) is 20.8 Å². The van der Waals surface area contributed by atoms with Crippen LogP contribution in [0.5, 0.6) is 0 Å². The van der Waals surface area contributed by atoms with Crippen molar-refractivity contribution in [2.24, 2.45) is 0 Å². The van der Waals surface area contributed by atoms with Crippen LogP contribution in [0.3, 0.4) is 0 Å². The average Bonchev–Trinajstić information content (AvgIpc) is 3.10. The highest BCUT2D eigenvalue weighted by molar-refractivity contribution is 5.26. The van der Waals surface area contributed by atoms with E-state index in [1.54, 1.807) is 10.9 Å². The smallest absolute Gasteiger partial charge is 0.153 e. The lowest BCUT2D eigenvalue weighted by molar-refractivity contribution is 0.524. The average molecular weight is 242 g/mol. The van der Waals surface area contributed by atoms with E-state index in [1.165, 1.54) is 31.2 Å². The van der Waals surface area contributed by atoms with Crippen LogP contribution < -0.4 is 5.32 Å². The van der Waals surface area contributed by atoms with Gasteiger partial charge in [0, 0.05) is 31.2 Å². The molecule has 0 atom stereocenters. The summed E-state index contributed by atoms with van der Waals surface area (Å²) in [5.74, 6) is 0.880. The standard InChI is InChI=1S/C14H18N4/c1-2-5-13(4-1)16-11-12-6-8-15-14(10-12)18-9-3-7-17-18/h3,6-10,13,16H,1-2,4-5,11H2. The Hall–Kier alpha value is -1.68. The molecule has 18 heavy (non-hydrogen) atoms. The van der Waals surface area contributed by atoms with Crippen LogP contribution in [0.2, 0.25) is 0 Å². The van der Waals surface area contributed by atoms with Crippen molar-refractivity contribution >= 4 is 0 Å². The van der Waals surface area contributed by atoms with Crippen molar-refractivity contribution in [2.75, 3.05) is 0 Å². The molecule has 0 spiro atoms. The van der Waals surface area contributed by atoms with Crippen molar-refractivity contribution in [1.29, 1.82) is 0 Å². The van der Waals surface area contributed by atoms with Gasteiger partial charge in [0.15, 0.2) is 5.82 Å². The SMILES string of the molecule is c1cnn(-c2cc(CNC3CCCC3)ccn2)c1. The van der Waals surface area contributed by atoms with Crippen LogP contribution in [0.1, 0.15) is 31.2 Å². The molecule has 3 rings (SSSR count). The van der Waals surface area contributed by atoms with Gasteiger partial charge in [0.2, 0.25) is 0 Å². The van der Waals surface area contributed by atoms with E-state index in [2.05, 4.69) is 27.5 Å². The Balaban J connectivity index is 1.67. The summed E-state index contributed by atoms with van der Waals surface area (Å²) in [6, 6.07) is 6.76. The van der Waals surface area contributed by atoms with E-state index in [0.717, 1.165) is 12.4 Å². The van der Waals surface area contributed by atoms with Crippen LogP contribution >= 0.6 is 0 Å². The molecule has 2 heterocycles. The van der Waals surface area contributed by atoms with Crippen molar-refractivity contribution in [3.05, 3.63) is 42.4 Å². The van der Waals surface area contributed by atoms with Gasteiger partial charge in [-0.1, -0.05) is 12.8 Å². The molecule has 94 valence electrons. The molecule has 2 aromatic heterocycles. The number of nitrogens with one attached hydrogen (secondary N) is 1. The Morgan fingerprint density at radius 1 is 1.28 bits per heavy atom. The fraction of sp³-hybridized carbons (Fsp3) is 0.429. The highest BCUT2D eigenvalue weighted by Gasteiger charge is 2.13. The zero-order chi connectivity index (χ0) is 12.2. The van der Waals surface area contributed by atoms with Gasteiger partial charge in [-0.05, 0) is 36.6 Å². The van der Waals surface area contributed by atoms with Crippen molar-refractivity contribution in [3.63, 3.8) is 0 Å². The first-order chi connectivity index (χ1) is 8.92. The number of aromatic nitrogens is 3. The van der Waals surface area contributed by atoms with Gasteiger partial charge < -0.3 is 5.32 Å². The molecule has 1 saturated carbocycles. The maximum absolute atomic E-state index is 4.33. The van der Waals surface area contributed by atoms with Crippen LogP contribution in [0, 0.1) is 0 Å². The van der Waals surface area contributed by atoms with E-state index in [1.807, 2.05) is 18.5 Å². The van der Waals surface area contributed by atoms with E-state index in [0.29, 0.717) is 6.04 Å². The molecule has 0 aromatic carbocycles. The molecule has 2 aromatic rings. The van der Waals surface area contributed by atoms with Crippen molar-refractivity contribution in [2.45, 2.75) is 38.3 Å². The van der Waals surface area contributed by atoms with E-state index >= 15 is 0 Å². The van der Waals surface area contributed by atoms with Crippen LogP contribution in [0.4, 0.5) is 0 Å². The first-order valence-electron chi connectivity index (χ1n) is 6.60. The van der Waals surface area contributed by atoms with Gasteiger partial charge >= 0.3 is 0 Å². The molecule has 0 bridgehead atoms. The normalized spacial score (nSPS) is 16.2. The van der Waals surface area contributed by atoms with Gasteiger partial charge in [0.05, 0.1) is 0 Å². The number of pyridine rings is 1. The summed E-state index contributed by atoms with van der Waals surface area (Å²) in [5, 5.41) is 7.81. The fourth-order valence-electron chi connectivity index (χ4n) is 2.49. The highest BCUT2D eigenvalue weighted by atomic mass is 15.3. The predicted molar refractivity (Wildman–Crippen MR) is 70.5 cm³/mol. The molecule has 0 amide bonds. The molecule has 0 radical (unpaired) electrons. The fourth-order valence-corrected chi connectivity index (χ4v) is 2.49. The van der Waals surface area contributed by atoms with Crippen LogP contribution in [-0.2, 0) is 6.54 Å². The summed E-state index contributed by atoms with van der Waals surface area (Å²) in [6.45, 7) is 0.918. The minimum absolute atomic E-state index is 0.700. The highest BCUT2D eigenvalue weighted by Crippen LogP contribution is 2.18. The Kier molecular flexibility index (Phi) is 3.37. The van der Waals surface area contributed by atoms with Crippen molar-refractivity contribution in [3.8, 4) is 5.82 Å². The van der Waals surface area contributed by atoms with E-state index in [4.69, 9.17) is 0 Å². The van der Waals surface area contributed by atoms with E-state index < -0.39 is 0 Å². The van der Waals surface area contributed by atoms with Gasteiger partial charge in [0.25, 0.3) is 0 Å². The van der Waals surface area contributed by atoms with E-state index in [-0.39, 0.29) is 0 Å². The summed E-state index contributed by atoms with van der Waals surface area (Å²) >= 11 is 0. The third kappa shape index (κ3) is 2.59. The third-order valence-electron chi connectivity index (χ3n) is 3.50. The quantitative estimate of drug-likeness (QED) is 0.894. The summed E-state index contributed by atoms with van der Waals surface area (Å²) in [5.41, 5.74) is 1.27. The number of rotatable bonds is 4. The molecule has 1 N–H and O–H groups in total. The first-order valence-corrected chi connectivity index (χ1v) is 6.60. The lowest BCUT2D eigenvalue weighted by Gasteiger charge is -2.12. The minimum atomic E-state index is 0.700. The summed E-state index contributed by atoms with van der Waals surface area (Å²) < 4.78 is 1.79. The topological polar surface area (TPSA) is 42.7 Å². The Bertz CT molecular complexity index is 486. The van der Waals surface area contributed by atoms with Crippen LogP contribution in [0.25, 0.3) is 5.82 Å².